The second kappa shape index (κ2) is 5.96. The molecular formula is C16H14ClN3O3. The highest BCUT2D eigenvalue weighted by Gasteiger charge is 2.28. The van der Waals surface area contributed by atoms with E-state index in [9.17, 15) is 14.4 Å². The summed E-state index contributed by atoms with van der Waals surface area (Å²) in [6.45, 7) is 1.77. The number of imide groups is 1. The lowest BCUT2D eigenvalue weighted by Crippen LogP contribution is -2.52. The Balaban J connectivity index is 1.94. The number of nitrogens with zero attached hydrogens (tertiary/aromatic N) is 1. The number of pyridine rings is 1. The number of fused-ring (bicyclic) bond motifs is 1. The Bertz CT molecular complexity index is 835. The van der Waals surface area contributed by atoms with Crippen LogP contribution in [0.15, 0.2) is 24.3 Å². The second-order valence-electron chi connectivity index (χ2n) is 5.42. The summed E-state index contributed by atoms with van der Waals surface area (Å²) in [5, 5.41) is 5.97. The van der Waals surface area contributed by atoms with Crippen molar-refractivity contribution in [3.05, 3.63) is 40.5 Å². The highest BCUT2D eigenvalue weighted by molar-refractivity contribution is 6.35. The largest absolute Gasteiger partial charge is 0.340 e. The van der Waals surface area contributed by atoms with Crippen molar-refractivity contribution in [3.63, 3.8) is 0 Å². The molecule has 1 aliphatic heterocycles. The van der Waals surface area contributed by atoms with Crippen LogP contribution in [0.4, 0.5) is 0 Å². The fourth-order valence-electron chi connectivity index (χ4n) is 2.60. The predicted molar refractivity (Wildman–Crippen MR) is 85.1 cm³/mol. The van der Waals surface area contributed by atoms with E-state index in [-0.39, 0.29) is 12.3 Å². The summed E-state index contributed by atoms with van der Waals surface area (Å²) < 4.78 is 0. The third-order valence-electron chi connectivity index (χ3n) is 3.71. The van der Waals surface area contributed by atoms with Gasteiger partial charge in [0.1, 0.15) is 6.04 Å². The number of aromatic nitrogens is 1. The quantitative estimate of drug-likeness (QED) is 0.820. The molecule has 1 aliphatic rings. The maximum Gasteiger partial charge on any atom is 0.252 e. The van der Waals surface area contributed by atoms with Gasteiger partial charge in [-0.1, -0.05) is 23.7 Å². The van der Waals surface area contributed by atoms with Gasteiger partial charge in [0.25, 0.3) is 5.91 Å². The molecule has 0 radical (unpaired) electrons. The minimum Gasteiger partial charge on any atom is -0.340 e. The highest BCUT2D eigenvalue weighted by Crippen LogP contribution is 2.25. The van der Waals surface area contributed by atoms with E-state index in [2.05, 4.69) is 15.6 Å². The van der Waals surface area contributed by atoms with Gasteiger partial charge >= 0.3 is 0 Å². The fourth-order valence-corrected chi connectivity index (χ4v) is 2.81. The van der Waals surface area contributed by atoms with Gasteiger partial charge in [0.15, 0.2) is 0 Å². The molecule has 1 atom stereocenters. The van der Waals surface area contributed by atoms with Gasteiger partial charge in [-0.15, -0.1) is 0 Å². The first-order valence-electron chi connectivity index (χ1n) is 7.16. The van der Waals surface area contributed by atoms with Gasteiger partial charge in [-0.05, 0) is 25.5 Å². The van der Waals surface area contributed by atoms with E-state index in [1.807, 2.05) is 0 Å². The molecule has 6 nitrogen and oxygen atoms in total. The molecule has 2 heterocycles. The third kappa shape index (κ3) is 3.03. The number of benzene rings is 1. The van der Waals surface area contributed by atoms with Crippen LogP contribution < -0.4 is 10.6 Å². The molecule has 1 fully saturated rings. The number of rotatable bonds is 2. The minimum atomic E-state index is -0.720. The normalized spacial score (nSPS) is 17.9. The van der Waals surface area contributed by atoms with E-state index in [0.29, 0.717) is 33.6 Å². The number of aryl methyl sites for hydroxylation is 1. The van der Waals surface area contributed by atoms with E-state index in [1.165, 1.54) is 0 Å². The van der Waals surface area contributed by atoms with Crippen molar-refractivity contribution in [1.82, 2.24) is 15.6 Å². The van der Waals surface area contributed by atoms with Crippen LogP contribution in [-0.2, 0) is 9.59 Å². The molecule has 1 saturated heterocycles. The Kier molecular flexibility index (Phi) is 4.00. The molecule has 23 heavy (non-hydrogen) atoms. The Morgan fingerprint density at radius 3 is 2.91 bits per heavy atom. The average Bonchev–Trinajstić information content (AvgIpc) is 2.50. The molecule has 7 heteroatoms. The predicted octanol–water partition coefficient (Wildman–Crippen LogP) is 1.73. The molecule has 0 saturated carbocycles. The number of piperidine rings is 1. The highest BCUT2D eigenvalue weighted by atomic mass is 35.5. The van der Waals surface area contributed by atoms with Gasteiger partial charge in [0.05, 0.1) is 16.1 Å². The van der Waals surface area contributed by atoms with Crippen molar-refractivity contribution in [2.75, 3.05) is 0 Å². The zero-order chi connectivity index (χ0) is 16.6. The van der Waals surface area contributed by atoms with Crippen LogP contribution >= 0.6 is 11.6 Å². The van der Waals surface area contributed by atoms with E-state index in [0.717, 1.165) is 0 Å². The summed E-state index contributed by atoms with van der Waals surface area (Å²) in [5.41, 5.74) is 1.60. The summed E-state index contributed by atoms with van der Waals surface area (Å²) in [6, 6.07) is 6.14. The van der Waals surface area contributed by atoms with Crippen molar-refractivity contribution in [2.45, 2.75) is 25.8 Å². The summed E-state index contributed by atoms with van der Waals surface area (Å²) in [4.78, 5) is 39.9. The van der Waals surface area contributed by atoms with Crippen molar-refractivity contribution >= 4 is 40.2 Å². The molecule has 2 N–H and O–H groups in total. The number of amides is 3. The van der Waals surface area contributed by atoms with Crippen LogP contribution in [-0.4, -0.2) is 28.7 Å². The molecule has 1 aromatic carbocycles. The fraction of sp³-hybridized carbons (Fsp3) is 0.250. The number of hydrogen-bond acceptors (Lipinski definition) is 4. The van der Waals surface area contributed by atoms with Crippen LogP contribution in [0.25, 0.3) is 10.9 Å². The molecule has 0 bridgehead atoms. The maximum absolute atomic E-state index is 12.6. The first-order chi connectivity index (χ1) is 11.0. The molecule has 118 valence electrons. The van der Waals surface area contributed by atoms with Gasteiger partial charge < -0.3 is 5.32 Å². The molecule has 0 spiro atoms. The number of carbonyl (C=O) groups is 3. The summed E-state index contributed by atoms with van der Waals surface area (Å²) >= 11 is 6.14. The zero-order valence-corrected chi connectivity index (χ0v) is 13.1. The van der Waals surface area contributed by atoms with Crippen LogP contribution in [0.3, 0.4) is 0 Å². The van der Waals surface area contributed by atoms with Gasteiger partial charge in [-0.25, -0.2) is 0 Å². The lowest BCUT2D eigenvalue weighted by Gasteiger charge is -2.22. The Morgan fingerprint density at radius 1 is 1.39 bits per heavy atom. The zero-order valence-electron chi connectivity index (χ0n) is 12.4. The average molecular weight is 332 g/mol. The van der Waals surface area contributed by atoms with E-state index in [4.69, 9.17) is 11.6 Å². The second-order valence-corrected chi connectivity index (χ2v) is 5.83. The van der Waals surface area contributed by atoms with Gasteiger partial charge in [0.2, 0.25) is 11.8 Å². The molecular weight excluding hydrogens is 318 g/mol. The van der Waals surface area contributed by atoms with Crippen molar-refractivity contribution in [2.24, 2.45) is 0 Å². The van der Waals surface area contributed by atoms with Gasteiger partial charge in [-0.3, -0.25) is 24.7 Å². The Labute approximate surface area is 137 Å². The third-order valence-corrected chi connectivity index (χ3v) is 4.01. The number of halogens is 1. The number of hydrogen-bond donors (Lipinski definition) is 2. The number of para-hydroxylation sites is 1. The molecule has 2 aromatic rings. The Morgan fingerprint density at radius 2 is 2.17 bits per heavy atom. The van der Waals surface area contributed by atoms with Crippen LogP contribution in [0.2, 0.25) is 5.02 Å². The number of carbonyl (C=O) groups excluding carboxylic acids is 3. The topological polar surface area (TPSA) is 88.2 Å². The van der Waals surface area contributed by atoms with Crippen LogP contribution in [0.1, 0.15) is 28.9 Å². The SMILES string of the molecule is Cc1cc(C(=O)NC2CCC(=O)NC2=O)c2cccc(Cl)c2n1. The lowest BCUT2D eigenvalue weighted by molar-refractivity contribution is -0.134. The van der Waals surface area contributed by atoms with Gasteiger partial charge in [0, 0.05) is 17.5 Å². The van der Waals surface area contributed by atoms with Crippen molar-refractivity contribution in [3.8, 4) is 0 Å². The molecule has 3 amide bonds. The molecule has 1 unspecified atom stereocenters. The first-order valence-corrected chi connectivity index (χ1v) is 7.54. The monoisotopic (exact) mass is 331 g/mol. The summed E-state index contributed by atoms with van der Waals surface area (Å²) in [7, 11) is 0. The van der Waals surface area contributed by atoms with E-state index < -0.39 is 17.9 Å². The minimum absolute atomic E-state index is 0.207. The number of nitrogens with one attached hydrogen (secondary N) is 2. The lowest BCUT2D eigenvalue weighted by atomic mass is 10.0. The summed E-state index contributed by atoms with van der Waals surface area (Å²) in [5.74, 6) is -1.20. The standard InChI is InChI=1S/C16H14ClN3O3/c1-8-7-10(9-3-2-4-11(17)14(9)18-8)15(22)19-12-5-6-13(21)20-16(12)23/h2-4,7,12H,5-6H2,1H3,(H,19,22)(H,20,21,23). The smallest absolute Gasteiger partial charge is 0.252 e. The van der Waals surface area contributed by atoms with E-state index in [1.54, 1.807) is 31.2 Å². The van der Waals surface area contributed by atoms with Crippen molar-refractivity contribution in [1.29, 1.82) is 0 Å². The first kappa shape index (κ1) is 15.4. The van der Waals surface area contributed by atoms with E-state index >= 15 is 0 Å². The maximum atomic E-state index is 12.6. The Hall–Kier alpha value is -2.47. The molecule has 0 aliphatic carbocycles. The van der Waals surface area contributed by atoms with Gasteiger partial charge in [-0.2, -0.15) is 0 Å². The molecule has 3 rings (SSSR count). The van der Waals surface area contributed by atoms with Crippen molar-refractivity contribution < 1.29 is 14.4 Å². The van der Waals surface area contributed by atoms with Crippen LogP contribution in [0, 0.1) is 6.92 Å². The molecule has 1 aromatic heterocycles. The summed E-state index contributed by atoms with van der Waals surface area (Å²) in [6.07, 6.45) is 0.498. The van der Waals surface area contributed by atoms with Crippen LogP contribution in [0.5, 0.6) is 0 Å².